The minimum absolute atomic E-state index is 0.190. The largest absolute Gasteiger partial charge is 0.290 e. The first-order valence-corrected chi connectivity index (χ1v) is 6.52. The van der Waals surface area contributed by atoms with Crippen LogP contribution in [0.15, 0.2) is 30.3 Å². The van der Waals surface area contributed by atoms with Gasteiger partial charge in [-0.15, -0.1) is 0 Å². The van der Waals surface area contributed by atoms with E-state index in [-0.39, 0.29) is 5.91 Å². The standard InChI is InChI=1S/C13H12IN3O/c1-8-7-9(2)16-13(15-8)17-12(18)10-5-3-4-6-11(10)14/h3-7H,1-2H3,(H,15,16,17,18). The zero-order valence-corrected chi connectivity index (χ0v) is 12.2. The molecule has 0 bridgehead atoms. The summed E-state index contributed by atoms with van der Waals surface area (Å²) in [7, 11) is 0. The summed E-state index contributed by atoms with van der Waals surface area (Å²) >= 11 is 2.13. The first-order chi connectivity index (χ1) is 8.56. The molecule has 0 aliphatic carbocycles. The quantitative estimate of drug-likeness (QED) is 0.845. The molecule has 92 valence electrons. The molecule has 1 aromatic carbocycles. The monoisotopic (exact) mass is 353 g/mol. The molecule has 1 aromatic heterocycles. The van der Waals surface area contributed by atoms with Crippen LogP contribution in [0.3, 0.4) is 0 Å². The molecule has 0 saturated carbocycles. The fourth-order valence-corrected chi connectivity index (χ4v) is 2.23. The zero-order valence-electron chi connectivity index (χ0n) is 10.1. The van der Waals surface area contributed by atoms with Crippen molar-refractivity contribution in [2.75, 3.05) is 5.32 Å². The van der Waals surface area contributed by atoms with Gasteiger partial charge in [-0.05, 0) is 54.6 Å². The first-order valence-electron chi connectivity index (χ1n) is 5.44. The van der Waals surface area contributed by atoms with E-state index in [9.17, 15) is 4.79 Å². The van der Waals surface area contributed by atoms with Crippen molar-refractivity contribution in [3.8, 4) is 0 Å². The average Bonchev–Trinajstić information content (AvgIpc) is 2.27. The number of halogens is 1. The Morgan fingerprint density at radius 1 is 1.17 bits per heavy atom. The number of carbonyl (C=O) groups excluding carboxylic acids is 1. The molecule has 0 aliphatic rings. The number of rotatable bonds is 2. The summed E-state index contributed by atoms with van der Waals surface area (Å²) in [5, 5.41) is 2.71. The third kappa shape index (κ3) is 3.04. The summed E-state index contributed by atoms with van der Waals surface area (Å²) in [4.78, 5) is 20.4. The molecule has 1 heterocycles. The Morgan fingerprint density at radius 3 is 2.39 bits per heavy atom. The smallest absolute Gasteiger partial charge is 0.259 e. The summed E-state index contributed by atoms with van der Waals surface area (Å²) in [6, 6.07) is 9.25. The van der Waals surface area contributed by atoms with E-state index in [0.29, 0.717) is 11.5 Å². The Bertz CT molecular complexity index is 578. The second kappa shape index (κ2) is 5.43. The number of amides is 1. The maximum Gasteiger partial charge on any atom is 0.259 e. The molecule has 1 N–H and O–H groups in total. The van der Waals surface area contributed by atoms with E-state index in [2.05, 4.69) is 37.9 Å². The predicted octanol–water partition coefficient (Wildman–Crippen LogP) is 2.95. The normalized spacial score (nSPS) is 10.2. The zero-order chi connectivity index (χ0) is 13.1. The van der Waals surface area contributed by atoms with Crippen molar-refractivity contribution < 1.29 is 4.79 Å². The summed E-state index contributed by atoms with van der Waals surface area (Å²) in [5.41, 5.74) is 2.29. The fraction of sp³-hybridized carbons (Fsp3) is 0.154. The van der Waals surface area contributed by atoms with Gasteiger partial charge in [0.15, 0.2) is 0 Å². The van der Waals surface area contributed by atoms with E-state index in [4.69, 9.17) is 0 Å². The van der Waals surface area contributed by atoms with Crippen LogP contribution in [0.5, 0.6) is 0 Å². The van der Waals surface area contributed by atoms with Crippen LogP contribution in [0.4, 0.5) is 5.95 Å². The lowest BCUT2D eigenvalue weighted by molar-refractivity contribution is 0.102. The van der Waals surface area contributed by atoms with Gasteiger partial charge in [0.2, 0.25) is 5.95 Å². The van der Waals surface area contributed by atoms with Gasteiger partial charge >= 0.3 is 0 Å². The van der Waals surface area contributed by atoms with Gasteiger partial charge in [0.1, 0.15) is 0 Å². The molecule has 0 spiro atoms. The van der Waals surface area contributed by atoms with Crippen molar-refractivity contribution in [2.24, 2.45) is 0 Å². The lowest BCUT2D eigenvalue weighted by Gasteiger charge is -2.06. The van der Waals surface area contributed by atoms with Gasteiger partial charge in [0.25, 0.3) is 5.91 Å². The van der Waals surface area contributed by atoms with Gasteiger partial charge in [-0.3, -0.25) is 10.1 Å². The molecule has 0 aliphatic heterocycles. The Hall–Kier alpha value is -1.50. The number of benzene rings is 1. The molecule has 2 rings (SSSR count). The predicted molar refractivity (Wildman–Crippen MR) is 78.6 cm³/mol. The maximum atomic E-state index is 12.1. The van der Waals surface area contributed by atoms with Gasteiger partial charge in [0.05, 0.1) is 5.56 Å². The number of anilines is 1. The lowest BCUT2D eigenvalue weighted by atomic mass is 10.2. The number of nitrogens with one attached hydrogen (secondary N) is 1. The van der Waals surface area contributed by atoms with Crippen LogP contribution in [0.25, 0.3) is 0 Å². The number of hydrogen-bond acceptors (Lipinski definition) is 3. The Labute approximate surface area is 119 Å². The van der Waals surface area contributed by atoms with Gasteiger partial charge < -0.3 is 0 Å². The molecule has 0 saturated heterocycles. The van der Waals surface area contributed by atoms with Crippen LogP contribution in [0, 0.1) is 17.4 Å². The molecule has 18 heavy (non-hydrogen) atoms. The van der Waals surface area contributed by atoms with Crippen LogP contribution in [-0.4, -0.2) is 15.9 Å². The Morgan fingerprint density at radius 2 is 1.78 bits per heavy atom. The van der Waals surface area contributed by atoms with E-state index in [1.807, 2.05) is 38.1 Å². The number of aryl methyl sites for hydroxylation is 2. The van der Waals surface area contributed by atoms with Gasteiger partial charge in [-0.25, -0.2) is 9.97 Å². The lowest BCUT2D eigenvalue weighted by Crippen LogP contribution is -2.16. The molecule has 0 atom stereocenters. The topological polar surface area (TPSA) is 54.9 Å². The highest BCUT2D eigenvalue weighted by Crippen LogP contribution is 2.13. The minimum Gasteiger partial charge on any atom is -0.290 e. The first kappa shape index (κ1) is 12.9. The maximum absolute atomic E-state index is 12.1. The van der Waals surface area contributed by atoms with Crippen molar-refractivity contribution in [1.82, 2.24) is 9.97 Å². The molecule has 4 nitrogen and oxygen atoms in total. The summed E-state index contributed by atoms with van der Waals surface area (Å²) in [6.45, 7) is 3.74. The third-order valence-electron chi connectivity index (χ3n) is 2.33. The van der Waals surface area contributed by atoms with E-state index >= 15 is 0 Å². The van der Waals surface area contributed by atoms with E-state index in [1.54, 1.807) is 6.07 Å². The second-order valence-corrected chi connectivity index (χ2v) is 5.07. The fourth-order valence-electron chi connectivity index (χ4n) is 1.60. The molecule has 2 aromatic rings. The number of nitrogens with zero attached hydrogens (tertiary/aromatic N) is 2. The summed E-state index contributed by atoms with van der Waals surface area (Å²) in [6.07, 6.45) is 0. The van der Waals surface area contributed by atoms with E-state index in [0.717, 1.165) is 15.0 Å². The summed E-state index contributed by atoms with van der Waals surface area (Å²) < 4.78 is 0.900. The highest BCUT2D eigenvalue weighted by molar-refractivity contribution is 14.1. The highest BCUT2D eigenvalue weighted by Gasteiger charge is 2.11. The van der Waals surface area contributed by atoms with Gasteiger partial charge in [-0.2, -0.15) is 0 Å². The number of carbonyl (C=O) groups is 1. The van der Waals surface area contributed by atoms with E-state index < -0.39 is 0 Å². The van der Waals surface area contributed by atoms with Gasteiger partial charge in [-0.1, -0.05) is 12.1 Å². The van der Waals surface area contributed by atoms with Crippen LogP contribution in [0.2, 0.25) is 0 Å². The molecular formula is C13H12IN3O. The van der Waals surface area contributed by atoms with Crippen LogP contribution >= 0.6 is 22.6 Å². The average molecular weight is 353 g/mol. The highest BCUT2D eigenvalue weighted by atomic mass is 127. The Kier molecular flexibility index (Phi) is 3.90. The van der Waals surface area contributed by atoms with Crippen molar-refractivity contribution in [3.63, 3.8) is 0 Å². The molecule has 1 amide bonds. The molecular weight excluding hydrogens is 341 g/mol. The van der Waals surface area contributed by atoms with Crippen LogP contribution < -0.4 is 5.32 Å². The molecule has 0 radical (unpaired) electrons. The van der Waals surface area contributed by atoms with Crippen molar-refractivity contribution >= 4 is 34.4 Å². The van der Waals surface area contributed by atoms with Crippen molar-refractivity contribution in [1.29, 1.82) is 0 Å². The van der Waals surface area contributed by atoms with Crippen molar-refractivity contribution in [2.45, 2.75) is 13.8 Å². The second-order valence-electron chi connectivity index (χ2n) is 3.91. The molecule has 0 fully saturated rings. The third-order valence-corrected chi connectivity index (χ3v) is 3.27. The van der Waals surface area contributed by atoms with Gasteiger partial charge in [0, 0.05) is 15.0 Å². The Balaban J connectivity index is 2.24. The molecule has 0 unspecified atom stereocenters. The summed E-state index contributed by atoms with van der Waals surface area (Å²) in [5.74, 6) is 0.155. The number of aromatic nitrogens is 2. The van der Waals surface area contributed by atoms with E-state index in [1.165, 1.54) is 0 Å². The van der Waals surface area contributed by atoms with Crippen molar-refractivity contribution in [3.05, 3.63) is 50.9 Å². The SMILES string of the molecule is Cc1cc(C)nc(NC(=O)c2ccccc2I)n1. The molecule has 5 heteroatoms. The number of hydrogen-bond donors (Lipinski definition) is 1. The minimum atomic E-state index is -0.190. The van der Waals surface area contributed by atoms with Crippen LogP contribution in [0.1, 0.15) is 21.7 Å². The van der Waals surface area contributed by atoms with Crippen LogP contribution in [-0.2, 0) is 0 Å².